The summed E-state index contributed by atoms with van der Waals surface area (Å²) in [6.45, 7) is 0. The van der Waals surface area contributed by atoms with Gasteiger partial charge in [-0.2, -0.15) is 0 Å². The number of carbonyl (C=O) groups is 2. The highest BCUT2D eigenvalue weighted by molar-refractivity contribution is 6.30. The molecule has 0 spiro atoms. The molecule has 2 aromatic carbocycles. The fraction of sp³-hybridized carbons (Fsp3) is 0. The van der Waals surface area contributed by atoms with E-state index in [1.807, 2.05) is 0 Å². The van der Waals surface area contributed by atoms with E-state index in [0.717, 1.165) is 6.08 Å². The van der Waals surface area contributed by atoms with Crippen molar-refractivity contribution in [2.24, 2.45) is 0 Å². The average molecular weight is 346 g/mol. The number of non-ortho nitro benzene ring substituents is 1. The van der Waals surface area contributed by atoms with Crippen LogP contribution in [0.2, 0.25) is 5.02 Å². The summed E-state index contributed by atoms with van der Waals surface area (Å²) in [6.07, 6.45) is 2.55. The number of rotatable bonds is 4. The highest BCUT2D eigenvalue weighted by Crippen LogP contribution is 2.14. The minimum Gasteiger partial charge on any atom is -0.268 e. The third-order valence-corrected chi connectivity index (χ3v) is 3.17. The highest BCUT2D eigenvalue weighted by atomic mass is 35.5. The molecule has 0 saturated carbocycles. The van der Waals surface area contributed by atoms with Crippen molar-refractivity contribution in [1.29, 1.82) is 0 Å². The van der Waals surface area contributed by atoms with Crippen molar-refractivity contribution in [2.75, 3.05) is 0 Å². The van der Waals surface area contributed by atoms with E-state index in [-0.39, 0.29) is 5.69 Å². The Morgan fingerprint density at radius 1 is 1.08 bits per heavy atom. The number of carbonyl (C=O) groups excluding carboxylic acids is 2. The lowest BCUT2D eigenvalue weighted by atomic mass is 10.2. The van der Waals surface area contributed by atoms with Gasteiger partial charge in [0, 0.05) is 28.8 Å². The number of benzene rings is 2. The lowest BCUT2D eigenvalue weighted by Gasteiger charge is -2.05. The van der Waals surface area contributed by atoms with Crippen LogP contribution in [0.4, 0.5) is 5.69 Å². The Morgan fingerprint density at radius 2 is 1.79 bits per heavy atom. The zero-order chi connectivity index (χ0) is 17.5. The lowest BCUT2D eigenvalue weighted by Crippen LogP contribution is -2.40. The smallest absolute Gasteiger partial charge is 0.268 e. The van der Waals surface area contributed by atoms with Crippen molar-refractivity contribution in [2.45, 2.75) is 0 Å². The summed E-state index contributed by atoms with van der Waals surface area (Å²) in [6, 6.07) is 12.0. The second kappa shape index (κ2) is 7.89. The van der Waals surface area contributed by atoms with Gasteiger partial charge in [0.05, 0.1) is 4.92 Å². The molecule has 0 fully saturated rings. The van der Waals surface area contributed by atoms with Crippen molar-refractivity contribution in [3.8, 4) is 0 Å². The zero-order valence-electron chi connectivity index (χ0n) is 12.2. The number of nitrogens with one attached hydrogen (secondary N) is 2. The topological polar surface area (TPSA) is 101 Å². The Bertz CT molecular complexity index is 803. The Labute approximate surface area is 142 Å². The predicted molar refractivity (Wildman–Crippen MR) is 89.2 cm³/mol. The number of nitrogens with zero attached hydrogens (tertiary/aromatic N) is 1. The van der Waals surface area contributed by atoms with Crippen LogP contribution in [0.3, 0.4) is 0 Å². The standard InChI is InChI=1S/C16H12ClN3O4/c17-13-7-5-12(6-8-13)16(22)19-18-15(21)9-4-11-2-1-3-14(10-11)20(23)24/h1-10H,(H,18,21)(H,19,22). The van der Waals surface area contributed by atoms with Crippen molar-refractivity contribution in [1.82, 2.24) is 10.9 Å². The lowest BCUT2D eigenvalue weighted by molar-refractivity contribution is -0.384. The van der Waals surface area contributed by atoms with Crippen molar-refractivity contribution >= 4 is 35.2 Å². The van der Waals surface area contributed by atoms with Crippen LogP contribution in [-0.4, -0.2) is 16.7 Å². The molecule has 7 nitrogen and oxygen atoms in total. The summed E-state index contributed by atoms with van der Waals surface area (Å²) in [5, 5.41) is 11.2. The number of nitro groups is 1. The van der Waals surface area contributed by atoms with Gasteiger partial charge in [-0.1, -0.05) is 23.7 Å². The maximum Gasteiger partial charge on any atom is 0.270 e. The normalized spacial score (nSPS) is 10.4. The molecule has 0 aromatic heterocycles. The minimum atomic E-state index is -0.580. The van der Waals surface area contributed by atoms with Gasteiger partial charge < -0.3 is 0 Å². The molecule has 0 bridgehead atoms. The van der Waals surface area contributed by atoms with Crippen molar-refractivity contribution < 1.29 is 14.5 Å². The molecule has 0 radical (unpaired) electrons. The first-order valence-corrected chi connectivity index (χ1v) is 7.12. The fourth-order valence-electron chi connectivity index (χ4n) is 1.75. The van der Waals surface area contributed by atoms with E-state index in [9.17, 15) is 19.7 Å². The maximum atomic E-state index is 11.8. The molecule has 0 atom stereocenters. The van der Waals surface area contributed by atoms with Crippen LogP contribution in [0, 0.1) is 10.1 Å². The SMILES string of the molecule is O=C(C=Cc1cccc([N+](=O)[O-])c1)NNC(=O)c1ccc(Cl)cc1. The van der Waals surface area contributed by atoms with Crippen LogP contribution in [-0.2, 0) is 4.79 Å². The van der Waals surface area contributed by atoms with E-state index in [1.54, 1.807) is 18.2 Å². The Morgan fingerprint density at radius 3 is 2.46 bits per heavy atom. The van der Waals surface area contributed by atoms with E-state index in [1.165, 1.54) is 36.4 Å². The minimum absolute atomic E-state index is 0.0754. The monoisotopic (exact) mass is 345 g/mol. The van der Waals surface area contributed by atoms with E-state index < -0.39 is 16.7 Å². The highest BCUT2D eigenvalue weighted by Gasteiger charge is 2.06. The fourth-order valence-corrected chi connectivity index (χ4v) is 1.87. The Hall–Kier alpha value is -3.19. The number of nitro benzene ring substituents is 1. The van der Waals surface area contributed by atoms with E-state index in [2.05, 4.69) is 10.9 Å². The molecule has 2 rings (SSSR count). The summed E-state index contributed by atoms with van der Waals surface area (Å²) in [5.41, 5.74) is 5.20. The van der Waals surface area contributed by atoms with Crippen molar-refractivity contribution in [3.05, 3.63) is 80.9 Å². The molecule has 0 unspecified atom stereocenters. The zero-order valence-corrected chi connectivity index (χ0v) is 13.0. The molecule has 2 N–H and O–H groups in total. The number of hydrogen-bond acceptors (Lipinski definition) is 4. The number of halogens is 1. The molecular formula is C16H12ClN3O4. The van der Waals surface area contributed by atoms with Gasteiger partial charge in [0.2, 0.25) is 0 Å². The van der Waals surface area contributed by atoms with Crippen LogP contribution in [0.25, 0.3) is 6.08 Å². The second-order valence-electron chi connectivity index (χ2n) is 4.64. The predicted octanol–water partition coefficient (Wildman–Crippen LogP) is 2.72. The van der Waals surface area contributed by atoms with Gasteiger partial charge in [0.1, 0.15) is 0 Å². The van der Waals surface area contributed by atoms with Crippen LogP contribution < -0.4 is 10.9 Å². The maximum absolute atomic E-state index is 11.8. The van der Waals surface area contributed by atoms with Gasteiger partial charge >= 0.3 is 0 Å². The van der Waals surface area contributed by atoms with Crippen molar-refractivity contribution in [3.63, 3.8) is 0 Å². The molecule has 0 aliphatic heterocycles. The molecular weight excluding hydrogens is 334 g/mol. The number of hydrogen-bond donors (Lipinski definition) is 2. The number of hydrazine groups is 1. The quantitative estimate of drug-likeness (QED) is 0.505. The summed E-state index contributed by atoms with van der Waals surface area (Å²) in [4.78, 5) is 33.6. The van der Waals surface area contributed by atoms with Gasteiger partial charge in [-0.05, 0) is 35.9 Å². The van der Waals surface area contributed by atoms with Gasteiger partial charge in [0.15, 0.2) is 0 Å². The molecule has 2 aromatic rings. The van der Waals surface area contributed by atoms with Crippen LogP contribution in [0.5, 0.6) is 0 Å². The van der Waals surface area contributed by atoms with Gasteiger partial charge in [-0.25, -0.2) is 0 Å². The van der Waals surface area contributed by atoms with Crippen LogP contribution in [0.1, 0.15) is 15.9 Å². The molecule has 0 heterocycles. The van der Waals surface area contributed by atoms with E-state index >= 15 is 0 Å². The molecule has 0 aliphatic carbocycles. The third kappa shape index (κ3) is 4.92. The third-order valence-electron chi connectivity index (χ3n) is 2.91. The molecule has 122 valence electrons. The second-order valence-corrected chi connectivity index (χ2v) is 5.07. The molecule has 0 aliphatic rings. The van der Waals surface area contributed by atoms with Crippen LogP contribution in [0.15, 0.2) is 54.6 Å². The molecule has 8 heteroatoms. The van der Waals surface area contributed by atoms with Crippen LogP contribution >= 0.6 is 11.6 Å². The summed E-state index contributed by atoms with van der Waals surface area (Å²) in [5.74, 6) is -1.08. The van der Waals surface area contributed by atoms with Gasteiger partial charge in [-0.3, -0.25) is 30.6 Å². The molecule has 2 amide bonds. The first kappa shape index (κ1) is 17.2. The van der Waals surface area contributed by atoms with E-state index in [4.69, 9.17) is 11.6 Å². The Balaban J connectivity index is 1.91. The van der Waals surface area contributed by atoms with E-state index in [0.29, 0.717) is 16.1 Å². The largest absolute Gasteiger partial charge is 0.270 e. The van der Waals surface area contributed by atoms with Gasteiger partial charge in [-0.15, -0.1) is 0 Å². The summed E-state index contributed by atoms with van der Waals surface area (Å²) < 4.78 is 0. The summed E-state index contributed by atoms with van der Waals surface area (Å²) in [7, 11) is 0. The molecule has 0 saturated heterocycles. The average Bonchev–Trinajstić information content (AvgIpc) is 2.58. The first-order valence-electron chi connectivity index (χ1n) is 6.74. The molecule has 24 heavy (non-hydrogen) atoms. The summed E-state index contributed by atoms with van der Waals surface area (Å²) >= 11 is 5.72. The van der Waals surface area contributed by atoms with Gasteiger partial charge in [0.25, 0.3) is 17.5 Å². The Kier molecular flexibility index (Phi) is 5.64. The first-order chi connectivity index (χ1) is 11.5. The number of amides is 2.